The third-order valence-electron chi connectivity index (χ3n) is 5.34. The summed E-state index contributed by atoms with van der Waals surface area (Å²) in [5, 5.41) is 7.85. The number of aromatic nitrogens is 1. The number of aryl methyl sites for hydroxylation is 1. The van der Waals surface area contributed by atoms with E-state index >= 15 is 0 Å². The molecular weight excluding hydrogens is 304 g/mol. The van der Waals surface area contributed by atoms with Gasteiger partial charge in [-0.15, -0.1) is 0 Å². The van der Waals surface area contributed by atoms with Crippen LogP contribution in [0.2, 0.25) is 0 Å². The van der Waals surface area contributed by atoms with Crippen molar-refractivity contribution in [3.8, 4) is 0 Å². The van der Waals surface area contributed by atoms with Gasteiger partial charge in [0.1, 0.15) is 0 Å². The molecule has 5 aromatic rings. The first-order valence-electron chi connectivity index (χ1n) is 8.64. The SMILES string of the molecule is CN(C)c1ccc2c(c1)c1ccc3cc4ccccc4cc3c1n2C. The van der Waals surface area contributed by atoms with Gasteiger partial charge in [0.15, 0.2) is 0 Å². The molecule has 1 heterocycles. The number of anilines is 1. The minimum Gasteiger partial charge on any atom is -0.378 e. The third-order valence-corrected chi connectivity index (χ3v) is 5.34. The Morgan fingerprint density at radius 2 is 1.44 bits per heavy atom. The van der Waals surface area contributed by atoms with E-state index in [0.29, 0.717) is 0 Å². The van der Waals surface area contributed by atoms with E-state index in [4.69, 9.17) is 0 Å². The molecule has 0 atom stereocenters. The molecule has 0 radical (unpaired) electrons. The van der Waals surface area contributed by atoms with Crippen LogP contribution in [0.3, 0.4) is 0 Å². The van der Waals surface area contributed by atoms with Crippen LogP contribution >= 0.6 is 0 Å². The van der Waals surface area contributed by atoms with Crippen LogP contribution in [0.1, 0.15) is 0 Å². The van der Waals surface area contributed by atoms with Crippen LogP contribution in [-0.4, -0.2) is 18.7 Å². The summed E-state index contributed by atoms with van der Waals surface area (Å²) in [4.78, 5) is 2.16. The van der Waals surface area contributed by atoms with E-state index in [9.17, 15) is 0 Å². The van der Waals surface area contributed by atoms with Crippen molar-refractivity contribution in [2.24, 2.45) is 7.05 Å². The van der Waals surface area contributed by atoms with E-state index < -0.39 is 0 Å². The van der Waals surface area contributed by atoms with Crippen LogP contribution in [0.4, 0.5) is 5.69 Å². The summed E-state index contributed by atoms with van der Waals surface area (Å²) >= 11 is 0. The topological polar surface area (TPSA) is 8.17 Å². The fourth-order valence-electron chi connectivity index (χ4n) is 4.01. The lowest BCUT2D eigenvalue weighted by Crippen LogP contribution is -2.08. The Kier molecular flexibility index (Phi) is 2.87. The Labute approximate surface area is 146 Å². The first-order valence-corrected chi connectivity index (χ1v) is 8.64. The van der Waals surface area contributed by atoms with E-state index in [1.165, 1.54) is 49.0 Å². The molecule has 2 heteroatoms. The fraction of sp³-hybridized carbons (Fsp3) is 0.130. The van der Waals surface area contributed by atoms with Crippen LogP contribution in [-0.2, 0) is 7.05 Å². The summed E-state index contributed by atoms with van der Waals surface area (Å²) in [6, 6.07) is 24.5. The molecule has 0 aliphatic carbocycles. The molecule has 1 aromatic heterocycles. The van der Waals surface area contributed by atoms with Gasteiger partial charge < -0.3 is 9.47 Å². The van der Waals surface area contributed by atoms with Gasteiger partial charge in [-0.05, 0) is 46.5 Å². The van der Waals surface area contributed by atoms with Crippen molar-refractivity contribution in [2.45, 2.75) is 0 Å². The average molecular weight is 324 g/mol. The molecule has 0 saturated carbocycles. The van der Waals surface area contributed by atoms with Gasteiger partial charge in [-0.3, -0.25) is 0 Å². The van der Waals surface area contributed by atoms with Crippen molar-refractivity contribution < 1.29 is 0 Å². The number of nitrogens with zero attached hydrogens (tertiary/aromatic N) is 2. The normalized spacial score (nSPS) is 11.8. The molecule has 2 nitrogen and oxygen atoms in total. The van der Waals surface area contributed by atoms with Gasteiger partial charge in [-0.2, -0.15) is 0 Å². The van der Waals surface area contributed by atoms with E-state index in [1.54, 1.807) is 0 Å². The fourth-order valence-corrected chi connectivity index (χ4v) is 4.01. The molecule has 4 aromatic carbocycles. The van der Waals surface area contributed by atoms with Crippen molar-refractivity contribution >= 4 is 49.0 Å². The Morgan fingerprint density at radius 3 is 2.20 bits per heavy atom. The van der Waals surface area contributed by atoms with Gasteiger partial charge in [-0.1, -0.05) is 36.4 Å². The maximum Gasteiger partial charge on any atom is 0.0568 e. The first-order chi connectivity index (χ1) is 12.1. The van der Waals surface area contributed by atoms with E-state index in [0.717, 1.165) is 0 Å². The summed E-state index contributed by atoms with van der Waals surface area (Å²) in [7, 11) is 6.36. The Balaban J connectivity index is 1.97. The van der Waals surface area contributed by atoms with E-state index in [1.807, 2.05) is 0 Å². The number of fused-ring (bicyclic) bond motifs is 6. The molecule has 0 bridgehead atoms. The van der Waals surface area contributed by atoms with Gasteiger partial charge in [0.2, 0.25) is 0 Å². The molecular formula is C23H20N2. The van der Waals surface area contributed by atoms with Crippen LogP contribution in [0.5, 0.6) is 0 Å². The zero-order valence-electron chi connectivity index (χ0n) is 14.7. The number of rotatable bonds is 1. The predicted octanol–water partition coefficient (Wildman–Crippen LogP) is 5.70. The lowest BCUT2D eigenvalue weighted by molar-refractivity contribution is 1.02. The Bertz CT molecular complexity index is 1280. The zero-order valence-corrected chi connectivity index (χ0v) is 14.7. The van der Waals surface area contributed by atoms with Gasteiger partial charge in [-0.25, -0.2) is 0 Å². The third kappa shape index (κ3) is 1.97. The van der Waals surface area contributed by atoms with Crippen LogP contribution < -0.4 is 4.90 Å². The molecule has 0 saturated heterocycles. The summed E-state index contributed by atoms with van der Waals surface area (Å²) in [5.41, 5.74) is 3.83. The van der Waals surface area contributed by atoms with Gasteiger partial charge in [0, 0.05) is 48.5 Å². The minimum absolute atomic E-state index is 1.23. The predicted molar refractivity (Wildman–Crippen MR) is 110 cm³/mol. The maximum absolute atomic E-state index is 2.33. The summed E-state index contributed by atoms with van der Waals surface area (Å²) in [6.07, 6.45) is 0. The Hall–Kier alpha value is -3.00. The molecule has 0 spiro atoms. The molecule has 25 heavy (non-hydrogen) atoms. The van der Waals surface area contributed by atoms with Crippen LogP contribution in [0, 0.1) is 0 Å². The highest BCUT2D eigenvalue weighted by atomic mass is 15.1. The zero-order chi connectivity index (χ0) is 17.1. The molecule has 0 aliphatic heterocycles. The van der Waals surface area contributed by atoms with Gasteiger partial charge in [0.05, 0.1) is 5.52 Å². The molecule has 0 N–H and O–H groups in total. The highest BCUT2D eigenvalue weighted by molar-refractivity contribution is 6.19. The van der Waals surface area contributed by atoms with E-state index in [2.05, 4.69) is 97.3 Å². The van der Waals surface area contributed by atoms with Crippen LogP contribution in [0.15, 0.2) is 66.7 Å². The lowest BCUT2D eigenvalue weighted by atomic mass is 10.0. The second-order valence-corrected chi connectivity index (χ2v) is 7.04. The molecule has 0 aliphatic rings. The van der Waals surface area contributed by atoms with Crippen molar-refractivity contribution in [3.63, 3.8) is 0 Å². The highest BCUT2D eigenvalue weighted by Gasteiger charge is 2.12. The smallest absolute Gasteiger partial charge is 0.0568 e. The average Bonchev–Trinajstić information content (AvgIpc) is 2.92. The monoisotopic (exact) mass is 324 g/mol. The van der Waals surface area contributed by atoms with E-state index in [-0.39, 0.29) is 0 Å². The number of hydrogen-bond donors (Lipinski definition) is 0. The molecule has 0 fully saturated rings. The molecule has 0 amide bonds. The summed E-state index contributed by atoms with van der Waals surface area (Å²) in [5.74, 6) is 0. The molecule has 0 unspecified atom stereocenters. The largest absolute Gasteiger partial charge is 0.378 e. The molecule has 5 rings (SSSR count). The first kappa shape index (κ1) is 14.4. The maximum atomic E-state index is 2.33. The second-order valence-electron chi connectivity index (χ2n) is 7.04. The minimum atomic E-state index is 1.23. The van der Waals surface area contributed by atoms with Crippen molar-refractivity contribution in [2.75, 3.05) is 19.0 Å². The van der Waals surface area contributed by atoms with Crippen LogP contribution in [0.25, 0.3) is 43.4 Å². The van der Waals surface area contributed by atoms with Crippen molar-refractivity contribution in [3.05, 3.63) is 66.7 Å². The standard InChI is InChI=1S/C23H20N2/c1-24(2)18-9-11-22-21(14-18)19-10-8-17-12-15-6-4-5-7-16(15)13-20(17)23(19)25(22)3/h4-14H,1-3H3. The Morgan fingerprint density at radius 1 is 0.680 bits per heavy atom. The van der Waals surface area contributed by atoms with Crippen molar-refractivity contribution in [1.29, 1.82) is 0 Å². The quantitative estimate of drug-likeness (QED) is 0.359. The summed E-state index contributed by atoms with van der Waals surface area (Å²) < 4.78 is 2.33. The summed E-state index contributed by atoms with van der Waals surface area (Å²) in [6.45, 7) is 0. The number of hydrogen-bond acceptors (Lipinski definition) is 1. The van der Waals surface area contributed by atoms with Gasteiger partial charge in [0.25, 0.3) is 0 Å². The highest BCUT2D eigenvalue weighted by Crippen LogP contribution is 2.36. The number of benzene rings is 4. The van der Waals surface area contributed by atoms with Gasteiger partial charge >= 0.3 is 0 Å². The van der Waals surface area contributed by atoms with Crippen molar-refractivity contribution in [1.82, 2.24) is 4.57 Å². The molecule has 122 valence electrons. The lowest BCUT2D eigenvalue weighted by Gasteiger charge is -2.12. The second kappa shape index (κ2) is 5.00.